The summed E-state index contributed by atoms with van der Waals surface area (Å²) in [6.45, 7) is 11.9. The summed E-state index contributed by atoms with van der Waals surface area (Å²) in [6.07, 6.45) is 51.3. The first kappa shape index (κ1) is 92.1. The van der Waals surface area contributed by atoms with Crippen molar-refractivity contribution in [3.05, 3.63) is 0 Å². The Kier molecular flexibility index (Phi) is 64.3. The molecule has 5 atom stereocenters. The molecule has 0 fully saturated rings. The van der Waals surface area contributed by atoms with Gasteiger partial charge in [-0.1, -0.05) is 331 Å². The maximum absolute atomic E-state index is 13.1. The average molecular weight is 1380 g/mol. The van der Waals surface area contributed by atoms with Crippen LogP contribution in [0.3, 0.4) is 0 Å². The zero-order valence-electron chi connectivity index (χ0n) is 61.4. The van der Waals surface area contributed by atoms with Gasteiger partial charge in [0.2, 0.25) is 0 Å². The number of phosphoric acid groups is 2. The van der Waals surface area contributed by atoms with Crippen LogP contribution in [0.15, 0.2) is 0 Å². The van der Waals surface area contributed by atoms with Gasteiger partial charge in [0.15, 0.2) is 12.2 Å². The van der Waals surface area contributed by atoms with Crippen LogP contribution in [0.4, 0.5) is 0 Å². The predicted octanol–water partition coefficient (Wildman–Crippen LogP) is 21.8. The molecular weight excluding hydrogens is 1230 g/mol. The third kappa shape index (κ3) is 68.6. The lowest BCUT2D eigenvalue weighted by Crippen LogP contribution is -2.30. The van der Waals surface area contributed by atoms with Crippen molar-refractivity contribution < 1.29 is 80.2 Å². The Morgan fingerprint density at radius 1 is 0.287 bits per heavy atom. The van der Waals surface area contributed by atoms with Crippen molar-refractivity contribution in [2.75, 3.05) is 39.6 Å². The molecule has 0 aromatic carbocycles. The summed E-state index contributed by atoms with van der Waals surface area (Å²) in [5.74, 6) is 0.225. The van der Waals surface area contributed by atoms with Crippen molar-refractivity contribution in [2.45, 2.75) is 401 Å². The van der Waals surface area contributed by atoms with E-state index in [0.29, 0.717) is 25.7 Å². The third-order valence-corrected chi connectivity index (χ3v) is 19.3. The summed E-state index contributed by atoms with van der Waals surface area (Å²) in [6, 6.07) is 0. The normalized spacial score (nSPS) is 14.1. The highest BCUT2D eigenvalue weighted by Gasteiger charge is 2.30. The molecule has 3 N–H and O–H groups in total. The Balaban J connectivity index is 5.22. The van der Waals surface area contributed by atoms with E-state index in [4.69, 9.17) is 37.0 Å². The molecule has 0 aromatic rings. The molecule has 0 aliphatic heterocycles. The van der Waals surface area contributed by atoms with Gasteiger partial charge >= 0.3 is 39.5 Å². The van der Waals surface area contributed by atoms with E-state index in [1.807, 2.05) is 0 Å². The largest absolute Gasteiger partial charge is 0.472 e. The molecule has 0 saturated carbocycles. The minimum Gasteiger partial charge on any atom is -0.462 e. The summed E-state index contributed by atoms with van der Waals surface area (Å²) in [5, 5.41) is 10.6. The third-order valence-electron chi connectivity index (χ3n) is 17.4. The number of hydrogen-bond acceptors (Lipinski definition) is 15. The quantitative estimate of drug-likeness (QED) is 0.0222. The zero-order valence-corrected chi connectivity index (χ0v) is 63.2. The van der Waals surface area contributed by atoms with E-state index in [1.54, 1.807) is 0 Å². The summed E-state index contributed by atoms with van der Waals surface area (Å²) < 4.78 is 68.4. The molecule has 0 amide bonds. The topological polar surface area (TPSA) is 237 Å². The van der Waals surface area contributed by atoms with Crippen molar-refractivity contribution in [3.8, 4) is 0 Å². The standard InChI is InChI=1S/C75H146O17P2/c1-8-9-10-11-12-35-42-49-56-72(77)85-62-70(91-75(80)59-52-45-38-31-25-19-17-22-28-34-41-48-55-68(6)7)64-89-93(81,82)87-60-69(76)61-88-94(83,84)90-65-71(63-86-73(78)57-50-43-36-29-23-18-16-21-27-33-40-47-54-67(4)5)92-74(79)58-51-44-37-30-24-15-13-14-20-26-32-39-46-53-66(2)3/h66-71,76H,8-65H2,1-7H3,(H,81,82)(H,83,84)/t69-,70+,71+/m0/s1. The molecule has 94 heavy (non-hydrogen) atoms. The Labute approximate surface area is 575 Å². The fourth-order valence-electron chi connectivity index (χ4n) is 11.4. The summed E-state index contributed by atoms with van der Waals surface area (Å²) in [5.41, 5.74) is 0. The molecule has 0 rings (SSSR count). The Bertz CT molecular complexity index is 1840. The highest BCUT2D eigenvalue weighted by Crippen LogP contribution is 2.45. The molecule has 0 spiro atoms. The second kappa shape index (κ2) is 65.7. The number of carbonyl (C=O) groups is 4. The van der Waals surface area contributed by atoms with E-state index >= 15 is 0 Å². The van der Waals surface area contributed by atoms with Crippen LogP contribution in [0.5, 0.6) is 0 Å². The number of unbranched alkanes of at least 4 members (excludes halogenated alkanes) is 41. The molecule has 0 bridgehead atoms. The number of carbonyl (C=O) groups excluding carboxylic acids is 4. The Morgan fingerprint density at radius 3 is 0.723 bits per heavy atom. The van der Waals surface area contributed by atoms with Crippen LogP contribution in [0, 0.1) is 17.8 Å². The second-order valence-corrected chi connectivity index (χ2v) is 31.4. The SMILES string of the molecule is CCCCCCCCCCC(=O)OC[C@H](COP(=O)(O)OC[C@H](O)COP(=O)(O)OC[C@@H](COC(=O)CCCCCCCCCCCCCCC(C)C)OC(=O)CCCCCCCCCCCCCCCC(C)C)OC(=O)CCCCCCCCCCCCCCC(C)C. The molecule has 2 unspecified atom stereocenters. The molecule has 0 heterocycles. The Hall–Kier alpha value is -1.94. The fraction of sp³-hybridized carbons (Fsp3) is 0.947. The van der Waals surface area contributed by atoms with Gasteiger partial charge in [-0.25, -0.2) is 9.13 Å². The molecule has 0 radical (unpaired) electrons. The first-order valence-corrected chi connectivity index (χ1v) is 41.8. The molecule has 0 saturated heterocycles. The van der Waals surface area contributed by atoms with Crippen LogP contribution in [-0.4, -0.2) is 96.7 Å². The first-order valence-electron chi connectivity index (χ1n) is 38.8. The van der Waals surface area contributed by atoms with E-state index in [2.05, 4.69) is 48.5 Å². The predicted molar refractivity (Wildman–Crippen MR) is 381 cm³/mol. The monoisotopic (exact) mass is 1380 g/mol. The van der Waals surface area contributed by atoms with E-state index in [-0.39, 0.29) is 25.7 Å². The van der Waals surface area contributed by atoms with Gasteiger partial charge in [0.05, 0.1) is 26.4 Å². The van der Waals surface area contributed by atoms with Crippen LogP contribution < -0.4 is 0 Å². The van der Waals surface area contributed by atoms with Gasteiger partial charge in [-0.15, -0.1) is 0 Å². The van der Waals surface area contributed by atoms with Crippen molar-refractivity contribution in [1.82, 2.24) is 0 Å². The zero-order chi connectivity index (χ0) is 69.4. The maximum atomic E-state index is 13.1. The molecule has 17 nitrogen and oxygen atoms in total. The van der Waals surface area contributed by atoms with Crippen molar-refractivity contribution in [3.63, 3.8) is 0 Å². The lowest BCUT2D eigenvalue weighted by molar-refractivity contribution is -0.161. The number of aliphatic hydroxyl groups excluding tert-OH is 1. The van der Waals surface area contributed by atoms with Crippen LogP contribution in [0.2, 0.25) is 0 Å². The fourth-order valence-corrected chi connectivity index (χ4v) is 13.0. The molecule has 0 aromatic heterocycles. The van der Waals surface area contributed by atoms with Crippen LogP contribution >= 0.6 is 15.6 Å². The highest BCUT2D eigenvalue weighted by molar-refractivity contribution is 7.47. The first-order chi connectivity index (χ1) is 45.2. The van der Waals surface area contributed by atoms with Gasteiger partial charge < -0.3 is 33.8 Å². The van der Waals surface area contributed by atoms with Crippen LogP contribution in [0.25, 0.3) is 0 Å². The summed E-state index contributed by atoms with van der Waals surface area (Å²) in [7, 11) is -9.91. The van der Waals surface area contributed by atoms with E-state index in [0.717, 1.165) is 114 Å². The number of aliphatic hydroxyl groups is 1. The van der Waals surface area contributed by atoms with Crippen molar-refractivity contribution >= 4 is 39.5 Å². The Morgan fingerprint density at radius 2 is 0.489 bits per heavy atom. The average Bonchev–Trinajstić information content (AvgIpc) is 1.29. The van der Waals surface area contributed by atoms with Gasteiger partial charge in [0.25, 0.3) is 0 Å². The van der Waals surface area contributed by atoms with Gasteiger partial charge in [0.1, 0.15) is 19.3 Å². The van der Waals surface area contributed by atoms with Gasteiger partial charge in [0, 0.05) is 25.7 Å². The van der Waals surface area contributed by atoms with E-state index in [9.17, 15) is 43.2 Å². The number of phosphoric ester groups is 2. The minimum absolute atomic E-state index is 0.106. The molecule has 19 heteroatoms. The van der Waals surface area contributed by atoms with E-state index in [1.165, 1.54) is 186 Å². The lowest BCUT2D eigenvalue weighted by atomic mass is 10.0. The van der Waals surface area contributed by atoms with Gasteiger partial charge in [-0.3, -0.25) is 37.3 Å². The smallest absolute Gasteiger partial charge is 0.462 e. The molecule has 558 valence electrons. The maximum Gasteiger partial charge on any atom is 0.472 e. The van der Waals surface area contributed by atoms with E-state index < -0.39 is 97.5 Å². The number of esters is 4. The summed E-state index contributed by atoms with van der Waals surface area (Å²) in [4.78, 5) is 72.7. The lowest BCUT2D eigenvalue weighted by Gasteiger charge is -2.21. The van der Waals surface area contributed by atoms with Crippen molar-refractivity contribution in [1.29, 1.82) is 0 Å². The molecule has 0 aliphatic rings. The van der Waals surface area contributed by atoms with Crippen LogP contribution in [-0.2, 0) is 65.4 Å². The number of hydrogen-bond donors (Lipinski definition) is 3. The van der Waals surface area contributed by atoms with Gasteiger partial charge in [-0.2, -0.15) is 0 Å². The second-order valence-electron chi connectivity index (χ2n) is 28.5. The van der Waals surface area contributed by atoms with Crippen LogP contribution in [0.1, 0.15) is 382 Å². The molecular formula is C75H146O17P2. The van der Waals surface area contributed by atoms with Crippen molar-refractivity contribution in [2.24, 2.45) is 17.8 Å². The highest BCUT2D eigenvalue weighted by atomic mass is 31.2. The minimum atomic E-state index is -4.96. The number of rotatable bonds is 73. The summed E-state index contributed by atoms with van der Waals surface area (Å²) >= 11 is 0. The number of ether oxygens (including phenoxy) is 4. The van der Waals surface area contributed by atoms with Gasteiger partial charge in [-0.05, 0) is 43.4 Å². The molecule has 0 aliphatic carbocycles.